The molecule has 2 rings (SSSR count). The number of carbonyl (C=O) groups excluding carboxylic acids is 1. The molecule has 1 atom stereocenters. The molecule has 19 heavy (non-hydrogen) atoms. The number of sulfonamides is 1. The first-order chi connectivity index (χ1) is 8.87. The molecule has 6 nitrogen and oxygen atoms in total. The van der Waals surface area contributed by atoms with Crippen LogP contribution in [0.4, 0.5) is 0 Å². The molecule has 0 unspecified atom stereocenters. The van der Waals surface area contributed by atoms with Gasteiger partial charge in [-0.25, -0.2) is 13.1 Å². The Morgan fingerprint density at radius 3 is 2.84 bits per heavy atom. The van der Waals surface area contributed by atoms with Gasteiger partial charge in [-0.05, 0) is 25.8 Å². The van der Waals surface area contributed by atoms with E-state index in [0.29, 0.717) is 18.8 Å². The quantitative estimate of drug-likeness (QED) is 0.889. The third-order valence-electron chi connectivity index (χ3n) is 3.15. The van der Waals surface area contributed by atoms with E-state index in [-0.39, 0.29) is 11.9 Å². The molecule has 1 aliphatic rings. The van der Waals surface area contributed by atoms with E-state index >= 15 is 0 Å². The van der Waals surface area contributed by atoms with Crippen LogP contribution in [0.2, 0.25) is 0 Å². The fraction of sp³-hybridized carbons (Fsp3) is 0.583. The number of likely N-dealkylation sites (tertiary alicyclic amines) is 1. The van der Waals surface area contributed by atoms with Crippen LogP contribution in [0.1, 0.15) is 29.0 Å². The van der Waals surface area contributed by atoms with E-state index in [1.54, 1.807) is 11.0 Å². The average molecular weight is 286 g/mol. The zero-order valence-electron chi connectivity index (χ0n) is 11.0. The van der Waals surface area contributed by atoms with Crippen molar-refractivity contribution < 1.29 is 17.6 Å². The summed E-state index contributed by atoms with van der Waals surface area (Å²) >= 11 is 0. The molecule has 7 heteroatoms. The summed E-state index contributed by atoms with van der Waals surface area (Å²) < 4.78 is 30.2. The maximum Gasteiger partial charge on any atom is 0.289 e. The second-order valence-electron chi connectivity index (χ2n) is 4.91. The van der Waals surface area contributed by atoms with E-state index in [1.165, 1.54) is 6.26 Å². The fourth-order valence-corrected chi connectivity index (χ4v) is 3.09. The first-order valence-electron chi connectivity index (χ1n) is 6.17. The van der Waals surface area contributed by atoms with Gasteiger partial charge in [-0.1, -0.05) is 0 Å². The Bertz CT molecular complexity index is 564. The standard InChI is InChI=1S/C12H18N2O4S/c1-9-5-7-18-11(9)12(15)14-6-3-4-10(8-14)13-19(2,16)17/h5,7,10,13H,3-4,6,8H2,1-2H3/t10-/m0/s1. The van der Waals surface area contributed by atoms with Crippen molar-refractivity contribution in [1.29, 1.82) is 0 Å². The summed E-state index contributed by atoms with van der Waals surface area (Å²) in [7, 11) is -3.25. The number of furan rings is 1. The van der Waals surface area contributed by atoms with Crippen LogP contribution in [0.5, 0.6) is 0 Å². The van der Waals surface area contributed by atoms with Crippen molar-refractivity contribution in [2.45, 2.75) is 25.8 Å². The topological polar surface area (TPSA) is 79.6 Å². The Kier molecular flexibility index (Phi) is 3.96. The number of nitrogens with one attached hydrogen (secondary N) is 1. The van der Waals surface area contributed by atoms with Crippen LogP contribution >= 0.6 is 0 Å². The van der Waals surface area contributed by atoms with E-state index in [2.05, 4.69) is 4.72 Å². The number of aryl methyl sites for hydroxylation is 1. The average Bonchev–Trinajstić information content (AvgIpc) is 2.72. The number of nitrogens with zero attached hydrogens (tertiary/aromatic N) is 1. The lowest BCUT2D eigenvalue weighted by atomic mass is 10.1. The molecule has 0 aliphatic carbocycles. The molecule has 1 amide bonds. The number of carbonyl (C=O) groups is 1. The van der Waals surface area contributed by atoms with Gasteiger partial charge in [0.15, 0.2) is 5.76 Å². The van der Waals surface area contributed by atoms with Crippen LogP contribution in [0.15, 0.2) is 16.7 Å². The molecule has 1 saturated heterocycles. The number of piperidine rings is 1. The number of rotatable bonds is 3. The molecule has 1 fully saturated rings. The largest absolute Gasteiger partial charge is 0.459 e. The molecule has 0 spiro atoms. The smallest absolute Gasteiger partial charge is 0.289 e. The summed E-state index contributed by atoms with van der Waals surface area (Å²) in [6, 6.07) is 1.52. The molecule has 1 aromatic rings. The van der Waals surface area contributed by atoms with Gasteiger partial charge in [0.25, 0.3) is 5.91 Å². The van der Waals surface area contributed by atoms with Crippen molar-refractivity contribution in [2.75, 3.05) is 19.3 Å². The van der Waals surface area contributed by atoms with Crippen LogP contribution in [0.3, 0.4) is 0 Å². The van der Waals surface area contributed by atoms with E-state index in [4.69, 9.17) is 4.42 Å². The second kappa shape index (κ2) is 5.34. The van der Waals surface area contributed by atoms with Gasteiger partial charge in [-0.2, -0.15) is 0 Å². The Hall–Kier alpha value is -1.34. The molecule has 2 heterocycles. The zero-order valence-corrected chi connectivity index (χ0v) is 11.9. The lowest BCUT2D eigenvalue weighted by Gasteiger charge is -2.32. The molecule has 0 saturated carbocycles. The molecule has 0 radical (unpaired) electrons. The highest BCUT2D eigenvalue weighted by Crippen LogP contribution is 2.17. The van der Waals surface area contributed by atoms with E-state index < -0.39 is 10.0 Å². The SMILES string of the molecule is Cc1ccoc1C(=O)N1CCC[C@H](NS(C)(=O)=O)C1. The van der Waals surface area contributed by atoms with Crippen LogP contribution in [0, 0.1) is 6.92 Å². The van der Waals surface area contributed by atoms with Crippen LogP contribution in [0.25, 0.3) is 0 Å². The van der Waals surface area contributed by atoms with Gasteiger partial charge in [0.05, 0.1) is 12.5 Å². The Labute approximate surface area is 112 Å². The number of amides is 1. The zero-order chi connectivity index (χ0) is 14.0. The van der Waals surface area contributed by atoms with Crippen molar-refractivity contribution in [1.82, 2.24) is 9.62 Å². The highest BCUT2D eigenvalue weighted by Gasteiger charge is 2.28. The second-order valence-corrected chi connectivity index (χ2v) is 6.69. The molecule has 1 aliphatic heterocycles. The van der Waals surface area contributed by atoms with Gasteiger partial charge in [-0.3, -0.25) is 4.79 Å². The minimum Gasteiger partial charge on any atom is -0.459 e. The third kappa shape index (κ3) is 3.57. The van der Waals surface area contributed by atoms with Crippen LogP contribution < -0.4 is 4.72 Å². The van der Waals surface area contributed by atoms with Crippen molar-refractivity contribution >= 4 is 15.9 Å². The Morgan fingerprint density at radius 1 is 1.53 bits per heavy atom. The van der Waals surface area contributed by atoms with Crippen LogP contribution in [-0.4, -0.2) is 44.6 Å². The van der Waals surface area contributed by atoms with E-state index in [9.17, 15) is 13.2 Å². The molecule has 0 aromatic carbocycles. The molecular formula is C12H18N2O4S. The van der Waals surface area contributed by atoms with Crippen molar-refractivity contribution in [3.05, 3.63) is 23.7 Å². The van der Waals surface area contributed by atoms with E-state index in [0.717, 1.165) is 24.7 Å². The van der Waals surface area contributed by atoms with Crippen molar-refractivity contribution in [3.8, 4) is 0 Å². The molecular weight excluding hydrogens is 268 g/mol. The predicted molar refractivity (Wildman–Crippen MR) is 70.4 cm³/mol. The fourth-order valence-electron chi connectivity index (χ4n) is 2.30. The lowest BCUT2D eigenvalue weighted by molar-refractivity contribution is 0.0670. The maximum atomic E-state index is 12.2. The first-order valence-corrected chi connectivity index (χ1v) is 8.06. The number of hydrogen-bond acceptors (Lipinski definition) is 4. The summed E-state index contributed by atoms with van der Waals surface area (Å²) in [5.74, 6) is 0.155. The summed E-state index contributed by atoms with van der Waals surface area (Å²) in [5.41, 5.74) is 0.795. The van der Waals surface area contributed by atoms with Gasteiger partial charge in [0.2, 0.25) is 10.0 Å². The molecule has 1 aromatic heterocycles. The summed E-state index contributed by atoms with van der Waals surface area (Å²) in [6.45, 7) is 2.82. The van der Waals surface area contributed by atoms with Gasteiger partial charge in [0, 0.05) is 24.7 Å². The van der Waals surface area contributed by atoms with Gasteiger partial charge in [0.1, 0.15) is 0 Å². The first kappa shape index (κ1) is 14.1. The summed E-state index contributed by atoms with van der Waals surface area (Å²) in [6.07, 6.45) is 4.13. The minimum atomic E-state index is -3.25. The van der Waals surface area contributed by atoms with Gasteiger partial charge >= 0.3 is 0 Å². The Balaban J connectivity index is 2.05. The highest BCUT2D eigenvalue weighted by atomic mass is 32.2. The normalized spacial score (nSPS) is 20.5. The van der Waals surface area contributed by atoms with Crippen molar-refractivity contribution in [2.24, 2.45) is 0 Å². The highest BCUT2D eigenvalue weighted by molar-refractivity contribution is 7.88. The lowest BCUT2D eigenvalue weighted by Crippen LogP contribution is -2.49. The summed E-state index contributed by atoms with van der Waals surface area (Å²) in [4.78, 5) is 13.9. The van der Waals surface area contributed by atoms with Gasteiger partial charge < -0.3 is 9.32 Å². The third-order valence-corrected chi connectivity index (χ3v) is 3.91. The maximum absolute atomic E-state index is 12.2. The Morgan fingerprint density at radius 2 is 2.26 bits per heavy atom. The molecule has 1 N–H and O–H groups in total. The minimum absolute atomic E-state index is 0.178. The number of hydrogen-bond donors (Lipinski definition) is 1. The summed E-state index contributed by atoms with van der Waals surface area (Å²) in [5, 5.41) is 0. The molecule has 106 valence electrons. The molecule has 0 bridgehead atoms. The van der Waals surface area contributed by atoms with Crippen molar-refractivity contribution in [3.63, 3.8) is 0 Å². The van der Waals surface area contributed by atoms with Crippen LogP contribution in [-0.2, 0) is 10.0 Å². The van der Waals surface area contributed by atoms with E-state index in [1.807, 2.05) is 6.92 Å². The predicted octanol–water partition coefficient (Wildman–Crippen LogP) is 0.742. The monoisotopic (exact) mass is 286 g/mol. The van der Waals surface area contributed by atoms with Gasteiger partial charge in [-0.15, -0.1) is 0 Å².